The third-order valence-corrected chi connectivity index (χ3v) is 3.58. The van der Waals surface area contributed by atoms with Crippen molar-refractivity contribution >= 4 is 10.0 Å². The van der Waals surface area contributed by atoms with E-state index in [1.807, 2.05) is 20.8 Å². The SMILES string of the molecule is CCCS(=O)(=O)N(C)CC(C)C. The molecule has 0 aromatic rings. The van der Waals surface area contributed by atoms with Gasteiger partial charge in [-0.25, -0.2) is 12.7 Å². The summed E-state index contributed by atoms with van der Waals surface area (Å²) in [6.45, 7) is 6.51. The minimum absolute atomic E-state index is 0.260. The van der Waals surface area contributed by atoms with Crippen LogP contribution in [0.1, 0.15) is 27.2 Å². The van der Waals surface area contributed by atoms with E-state index in [0.29, 0.717) is 18.9 Å². The van der Waals surface area contributed by atoms with Gasteiger partial charge in [0.25, 0.3) is 0 Å². The Morgan fingerprint density at radius 1 is 1.33 bits per heavy atom. The van der Waals surface area contributed by atoms with Crippen molar-refractivity contribution < 1.29 is 8.42 Å². The van der Waals surface area contributed by atoms with E-state index in [-0.39, 0.29) is 5.75 Å². The highest BCUT2D eigenvalue weighted by atomic mass is 32.2. The van der Waals surface area contributed by atoms with Crippen molar-refractivity contribution in [2.24, 2.45) is 5.92 Å². The van der Waals surface area contributed by atoms with E-state index < -0.39 is 10.0 Å². The van der Waals surface area contributed by atoms with Gasteiger partial charge in [0.1, 0.15) is 0 Å². The lowest BCUT2D eigenvalue weighted by molar-refractivity contribution is 0.417. The van der Waals surface area contributed by atoms with Crippen molar-refractivity contribution in [3.05, 3.63) is 0 Å². The quantitative estimate of drug-likeness (QED) is 0.660. The maximum absolute atomic E-state index is 11.4. The molecule has 0 spiro atoms. The summed E-state index contributed by atoms with van der Waals surface area (Å²) in [6, 6.07) is 0. The molecule has 0 aliphatic carbocycles. The average Bonchev–Trinajstić information content (AvgIpc) is 1.85. The smallest absolute Gasteiger partial charge is 0.212 e. The van der Waals surface area contributed by atoms with E-state index in [0.717, 1.165) is 0 Å². The van der Waals surface area contributed by atoms with Crippen molar-refractivity contribution in [2.75, 3.05) is 19.3 Å². The van der Waals surface area contributed by atoms with Gasteiger partial charge >= 0.3 is 0 Å². The summed E-state index contributed by atoms with van der Waals surface area (Å²) < 4.78 is 24.2. The molecule has 12 heavy (non-hydrogen) atoms. The maximum Gasteiger partial charge on any atom is 0.213 e. The molecule has 0 amide bonds. The van der Waals surface area contributed by atoms with Gasteiger partial charge in [0.05, 0.1) is 5.75 Å². The Hall–Kier alpha value is -0.0900. The van der Waals surface area contributed by atoms with Crippen LogP contribution in [0.3, 0.4) is 0 Å². The zero-order valence-electron chi connectivity index (χ0n) is 8.37. The molecule has 0 unspecified atom stereocenters. The Labute approximate surface area is 75.8 Å². The van der Waals surface area contributed by atoms with Gasteiger partial charge in [-0.05, 0) is 12.3 Å². The zero-order chi connectivity index (χ0) is 9.78. The van der Waals surface area contributed by atoms with Crippen LogP contribution in [0.2, 0.25) is 0 Å². The Morgan fingerprint density at radius 2 is 1.83 bits per heavy atom. The van der Waals surface area contributed by atoms with Crippen LogP contribution >= 0.6 is 0 Å². The summed E-state index contributed by atoms with van der Waals surface area (Å²) in [6.07, 6.45) is 0.685. The van der Waals surface area contributed by atoms with Crippen LogP contribution in [0.15, 0.2) is 0 Å². The molecule has 0 saturated heterocycles. The number of hydrogen-bond acceptors (Lipinski definition) is 2. The summed E-state index contributed by atoms with van der Waals surface area (Å²) in [5.74, 6) is 0.651. The van der Waals surface area contributed by atoms with Gasteiger partial charge < -0.3 is 0 Å². The van der Waals surface area contributed by atoms with Crippen LogP contribution in [-0.2, 0) is 10.0 Å². The number of hydrogen-bond donors (Lipinski definition) is 0. The van der Waals surface area contributed by atoms with Crippen molar-refractivity contribution in [1.29, 1.82) is 0 Å². The monoisotopic (exact) mass is 193 g/mol. The van der Waals surface area contributed by atoms with Gasteiger partial charge in [-0.15, -0.1) is 0 Å². The highest BCUT2D eigenvalue weighted by molar-refractivity contribution is 7.89. The molecule has 0 heterocycles. The lowest BCUT2D eigenvalue weighted by Crippen LogP contribution is -2.32. The standard InChI is InChI=1S/C8H19NO2S/c1-5-6-12(10,11)9(4)7-8(2)3/h8H,5-7H2,1-4H3. The van der Waals surface area contributed by atoms with E-state index in [1.165, 1.54) is 4.31 Å². The van der Waals surface area contributed by atoms with Crippen LogP contribution in [0, 0.1) is 5.92 Å². The lowest BCUT2D eigenvalue weighted by Gasteiger charge is -2.18. The number of rotatable bonds is 5. The molecule has 4 heteroatoms. The molecule has 0 aromatic heterocycles. The number of sulfonamides is 1. The lowest BCUT2D eigenvalue weighted by atomic mass is 10.2. The summed E-state index contributed by atoms with van der Waals surface area (Å²) in [5.41, 5.74) is 0. The first-order valence-electron chi connectivity index (χ1n) is 4.34. The van der Waals surface area contributed by atoms with Crippen molar-refractivity contribution in [3.63, 3.8) is 0 Å². The molecular weight excluding hydrogens is 174 g/mol. The minimum Gasteiger partial charge on any atom is -0.212 e. The number of nitrogens with zero attached hydrogens (tertiary/aromatic N) is 1. The average molecular weight is 193 g/mol. The summed E-state index contributed by atoms with van der Waals surface area (Å²) in [5, 5.41) is 0. The third kappa shape index (κ3) is 4.07. The first-order chi connectivity index (χ1) is 5.40. The molecule has 0 saturated carbocycles. The molecule has 0 bridgehead atoms. The predicted octanol–water partition coefficient (Wildman–Crippen LogP) is 1.31. The second-order valence-corrected chi connectivity index (χ2v) is 5.69. The fourth-order valence-corrected chi connectivity index (χ4v) is 2.39. The highest BCUT2D eigenvalue weighted by Gasteiger charge is 2.16. The van der Waals surface area contributed by atoms with Crippen molar-refractivity contribution in [1.82, 2.24) is 4.31 Å². The van der Waals surface area contributed by atoms with E-state index in [9.17, 15) is 8.42 Å². The molecule has 0 aliphatic rings. The van der Waals surface area contributed by atoms with Gasteiger partial charge in [-0.2, -0.15) is 0 Å². The van der Waals surface area contributed by atoms with Crippen molar-refractivity contribution in [3.8, 4) is 0 Å². The predicted molar refractivity (Wildman–Crippen MR) is 51.5 cm³/mol. The van der Waals surface area contributed by atoms with Crippen LogP contribution in [0.4, 0.5) is 0 Å². The Balaban J connectivity index is 4.16. The van der Waals surface area contributed by atoms with Gasteiger partial charge in [-0.3, -0.25) is 0 Å². The molecule has 0 aliphatic heterocycles. The molecule has 74 valence electrons. The summed E-state index contributed by atoms with van der Waals surface area (Å²) in [4.78, 5) is 0. The van der Waals surface area contributed by atoms with Crippen molar-refractivity contribution in [2.45, 2.75) is 27.2 Å². The van der Waals surface area contributed by atoms with Gasteiger partial charge in [0.2, 0.25) is 10.0 Å². The van der Waals surface area contributed by atoms with Gasteiger partial charge in [0, 0.05) is 13.6 Å². The molecule has 3 nitrogen and oxygen atoms in total. The maximum atomic E-state index is 11.4. The molecule has 0 radical (unpaired) electrons. The Bertz CT molecular complexity index is 209. The second-order valence-electron chi connectivity index (χ2n) is 3.49. The normalized spacial score (nSPS) is 12.8. The summed E-state index contributed by atoms with van der Waals surface area (Å²) >= 11 is 0. The Kier molecular flexibility index (Phi) is 4.78. The zero-order valence-corrected chi connectivity index (χ0v) is 9.19. The molecule has 0 atom stereocenters. The summed E-state index contributed by atoms with van der Waals surface area (Å²) in [7, 11) is -1.33. The van der Waals surface area contributed by atoms with Gasteiger partial charge in [0.15, 0.2) is 0 Å². The topological polar surface area (TPSA) is 37.4 Å². The molecule has 0 N–H and O–H groups in total. The van der Waals surface area contributed by atoms with E-state index in [1.54, 1.807) is 7.05 Å². The van der Waals surface area contributed by atoms with E-state index in [2.05, 4.69) is 0 Å². The fraction of sp³-hybridized carbons (Fsp3) is 1.00. The highest BCUT2D eigenvalue weighted by Crippen LogP contribution is 2.04. The van der Waals surface area contributed by atoms with Crippen LogP contribution in [0.25, 0.3) is 0 Å². The first kappa shape index (κ1) is 11.9. The molecule has 0 rings (SSSR count). The first-order valence-corrected chi connectivity index (χ1v) is 5.95. The molecule has 0 fully saturated rings. The second kappa shape index (κ2) is 4.82. The fourth-order valence-electron chi connectivity index (χ4n) is 1.04. The third-order valence-electron chi connectivity index (χ3n) is 1.56. The molecular formula is C8H19NO2S. The minimum atomic E-state index is -2.97. The van der Waals surface area contributed by atoms with Gasteiger partial charge in [-0.1, -0.05) is 20.8 Å². The van der Waals surface area contributed by atoms with Crippen LogP contribution in [-0.4, -0.2) is 32.1 Å². The van der Waals surface area contributed by atoms with Crippen LogP contribution < -0.4 is 0 Å². The largest absolute Gasteiger partial charge is 0.213 e. The Morgan fingerprint density at radius 3 is 2.17 bits per heavy atom. The van der Waals surface area contributed by atoms with E-state index in [4.69, 9.17) is 0 Å². The van der Waals surface area contributed by atoms with E-state index >= 15 is 0 Å². The molecule has 0 aromatic carbocycles. The van der Waals surface area contributed by atoms with Crippen LogP contribution in [0.5, 0.6) is 0 Å².